The fraction of sp³-hybridized carbons (Fsp3) is 0.231. The van der Waals surface area contributed by atoms with Crippen molar-refractivity contribution < 1.29 is 4.79 Å². The summed E-state index contributed by atoms with van der Waals surface area (Å²) in [4.78, 5) is 15.0. The Balaban J connectivity index is 1.55. The molecule has 1 N–H and O–H groups in total. The molecule has 0 aromatic heterocycles. The van der Waals surface area contributed by atoms with E-state index in [1.807, 2.05) is 48.5 Å². The first-order valence-corrected chi connectivity index (χ1v) is 10.3. The van der Waals surface area contributed by atoms with E-state index in [-0.39, 0.29) is 11.4 Å². The van der Waals surface area contributed by atoms with Crippen LogP contribution in [0.15, 0.2) is 71.8 Å². The van der Waals surface area contributed by atoms with Gasteiger partial charge in [-0.15, -0.1) is 0 Å². The molecule has 0 saturated heterocycles. The molecule has 0 atom stereocenters. The molecule has 3 aromatic carbocycles. The lowest BCUT2D eigenvalue weighted by Gasteiger charge is -2.42. The zero-order valence-corrected chi connectivity index (χ0v) is 17.9. The third kappa shape index (κ3) is 3.61. The number of hydrazone groups is 1. The second kappa shape index (κ2) is 7.79. The molecule has 4 heteroatoms. The van der Waals surface area contributed by atoms with Crippen LogP contribution in [0.4, 0.5) is 5.69 Å². The molecular formula is C26H27N3O. The Kier molecular flexibility index (Phi) is 5.17. The van der Waals surface area contributed by atoms with E-state index in [9.17, 15) is 4.79 Å². The standard InChI is InChI=1S/C26H27N3O/c1-5-29-24-14-13-19(15-23(24)18(2)16-26(29,3)4)17-27-28-25(30)22-12-8-10-20-9-6-7-11-21(20)22/h6-17H,5H2,1-4H3,(H,28,30)/b27-17-. The summed E-state index contributed by atoms with van der Waals surface area (Å²) in [6.07, 6.45) is 4.01. The molecule has 3 aromatic rings. The molecule has 0 saturated carbocycles. The van der Waals surface area contributed by atoms with Gasteiger partial charge in [0.15, 0.2) is 0 Å². The molecule has 0 bridgehead atoms. The maximum Gasteiger partial charge on any atom is 0.271 e. The van der Waals surface area contributed by atoms with Gasteiger partial charge in [-0.05, 0) is 67.8 Å². The molecule has 4 nitrogen and oxygen atoms in total. The first-order valence-electron chi connectivity index (χ1n) is 10.3. The highest BCUT2D eigenvalue weighted by Gasteiger charge is 2.29. The highest BCUT2D eigenvalue weighted by molar-refractivity contribution is 6.07. The maximum absolute atomic E-state index is 12.6. The Bertz CT molecular complexity index is 1170. The molecule has 152 valence electrons. The van der Waals surface area contributed by atoms with E-state index in [0.717, 1.165) is 22.9 Å². The molecule has 0 fully saturated rings. The summed E-state index contributed by atoms with van der Waals surface area (Å²) in [5.41, 5.74) is 7.94. The molecule has 0 aliphatic carbocycles. The molecule has 1 aliphatic rings. The van der Waals surface area contributed by atoms with Gasteiger partial charge in [0.1, 0.15) is 0 Å². The number of hydrogen-bond donors (Lipinski definition) is 1. The van der Waals surface area contributed by atoms with Crippen molar-refractivity contribution in [2.24, 2.45) is 5.10 Å². The van der Waals surface area contributed by atoms with Crippen molar-refractivity contribution in [3.8, 4) is 0 Å². The Morgan fingerprint density at radius 3 is 2.67 bits per heavy atom. The lowest BCUT2D eigenvalue weighted by Crippen LogP contribution is -2.44. The van der Waals surface area contributed by atoms with Gasteiger partial charge >= 0.3 is 0 Å². The van der Waals surface area contributed by atoms with Crippen LogP contribution in [0.1, 0.15) is 49.2 Å². The summed E-state index contributed by atoms with van der Waals surface area (Å²) < 4.78 is 0. The molecule has 0 radical (unpaired) electrons. The van der Waals surface area contributed by atoms with Gasteiger partial charge in [-0.1, -0.05) is 48.5 Å². The van der Waals surface area contributed by atoms with Crippen molar-refractivity contribution in [3.05, 3.63) is 83.4 Å². The van der Waals surface area contributed by atoms with Gasteiger partial charge < -0.3 is 4.90 Å². The number of hydrogen-bond acceptors (Lipinski definition) is 3. The number of fused-ring (bicyclic) bond motifs is 2. The van der Waals surface area contributed by atoms with Crippen LogP contribution in [-0.4, -0.2) is 24.2 Å². The first-order chi connectivity index (χ1) is 14.4. The summed E-state index contributed by atoms with van der Waals surface area (Å²) in [6, 6.07) is 19.9. The summed E-state index contributed by atoms with van der Waals surface area (Å²) in [5, 5.41) is 6.17. The highest BCUT2D eigenvalue weighted by Crippen LogP contribution is 2.38. The number of rotatable bonds is 4. The highest BCUT2D eigenvalue weighted by atomic mass is 16.2. The van der Waals surface area contributed by atoms with E-state index < -0.39 is 0 Å². The normalized spacial score (nSPS) is 15.2. The second-order valence-electron chi connectivity index (χ2n) is 8.23. The predicted octanol–water partition coefficient (Wildman–Crippen LogP) is 5.63. The zero-order chi connectivity index (χ0) is 21.3. The zero-order valence-electron chi connectivity index (χ0n) is 17.9. The predicted molar refractivity (Wildman–Crippen MR) is 126 cm³/mol. The SMILES string of the molecule is CCN1c2ccc(/C=N\NC(=O)c3cccc4ccccc34)cc2C(C)=CC1(C)C. The molecule has 1 heterocycles. The number of nitrogens with one attached hydrogen (secondary N) is 1. The van der Waals surface area contributed by atoms with E-state index >= 15 is 0 Å². The minimum atomic E-state index is -0.212. The van der Waals surface area contributed by atoms with Crippen molar-refractivity contribution in [2.75, 3.05) is 11.4 Å². The van der Waals surface area contributed by atoms with Gasteiger partial charge in [0, 0.05) is 23.4 Å². The third-order valence-corrected chi connectivity index (χ3v) is 5.73. The van der Waals surface area contributed by atoms with Crippen molar-refractivity contribution in [3.63, 3.8) is 0 Å². The van der Waals surface area contributed by atoms with E-state index in [1.165, 1.54) is 16.8 Å². The number of carbonyl (C=O) groups excluding carboxylic acids is 1. The number of likely N-dealkylation sites (N-methyl/N-ethyl adjacent to an activating group) is 1. The monoisotopic (exact) mass is 397 g/mol. The van der Waals surface area contributed by atoms with Gasteiger partial charge in [-0.2, -0.15) is 5.10 Å². The topological polar surface area (TPSA) is 44.7 Å². The van der Waals surface area contributed by atoms with Crippen molar-refractivity contribution in [2.45, 2.75) is 33.2 Å². The molecule has 0 unspecified atom stereocenters. The minimum Gasteiger partial charge on any atom is -0.363 e. The number of carbonyl (C=O) groups is 1. The summed E-state index contributed by atoms with van der Waals surface area (Å²) in [6.45, 7) is 9.75. The quantitative estimate of drug-likeness (QED) is 0.458. The van der Waals surface area contributed by atoms with Crippen LogP contribution in [-0.2, 0) is 0 Å². The van der Waals surface area contributed by atoms with Crippen LogP contribution < -0.4 is 10.3 Å². The fourth-order valence-corrected chi connectivity index (χ4v) is 4.41. The third-order valence-electron chi connectivity index (χ3n) is 5.73. The van der Waals surface area contributed by atoms with Crippen LogP contribution in [0.5, 0.6) is 0 Å². The minimum absolute atomic E-state index is 0.00608. The van der Waals surface area contributed by atoms with Crippen LogP contribution in [0, 0.1) is 0 Å². The molecule has 1 amide bonds. The maximum atomic E-state index is 12.6. The summed E-state index contributed by atoms with van der Waals surface area (Å²) in [7, 11) is 0. The Morgan fingerprint density at radius 2 is 1.87 bits per heavy atom. The number of allylic oxidation sites excluding steroid dienone is 1. The lowest BCUT2D eigenvalue weighted by atomic mass is 9.88. The van der Waals surface area contributed by atoms with Gasteiger partial charge in [0.25, 0.3) is 5.91 Å². The summed E-state index contributed by atoms with van der Waals surface area (Å²) in [5.74, 6) is -0.212. The fourth-order valence-electron chi connectivity index (χ4n) is 4.41. The van der Waals surface area contributed by atoms with Gasteiger partial charge in [0.05, 0.1) is 11.8 Å². The number of nitrogens with zero attached hydrogens (tertiary/aromatic N) is 2. The molecular weight excluding hydrogens is 370 g/mol. The molecule has 30 heavy (non-hydrogen) atoms. The van der Waals surface area contributed by atoms with Crippen molar-refractivity contribution >= 4 is 34.2 Å². The van der Waals surface area contributed by atoms with Crippen LogP contribution in [0.25, 0.3) is 16.3 Å². The Labute approximate surface area is 177 Å². The average Bonchev–Trinajstić information content (AvgIpc) is 2.73. The van der Waals surface area contributed by atoms with Crippen molar-refractivity contribution in [1.29, 1.82) is 0 Å². The Morgan fingerprint density at radius 1 is 1.10 bits per heavy atom. The van der Waals surface area contributed by atoms with Gasteiger partial charge in [-0.3, -0.25) is 4.79 Å². The molecule has 4 rings (SSSR count). The average molecular weight is 398 g/mol. The van der Waals surface area contributed by atoms with Gasteiger partial charge in [-0.25, -0.2) is 5.43 Å². The van der Waals surface area contributed by atoms with E-state index in [4.69, 9.17) is 0 Å². The smallest absolute Gasteiger partial charge is 0.271 e. The first kappa shape index (κ1) is 19.9. The number of anilines is 1. The van der Waals surface area contributed by atoms with E-state index in [0.29, 0.717) is 5.56 Å². The molecule has 0 spiro atoms. The van der Waals surface area contributed by atoms with Crippen LogP contribution in [0.3, 0.4) is 0 Å². The lowest BCUT2D eigenvalue weighted by molar-refractivity contribution is 0.0957. The molecule has 1 aliphatic heterocycles. The largest absolute Gasteiger partial charge is 0.363 e. The Hall–Kier alpha value is -3.40. The van der Waals surface area contributed by atoms with E-state index in [1.54, 1.807) is 6.21 Å². The van der Waals surface area contributed by atoms with Crippen LogP contribution in [0.2, 0.25) is 0 Å². The number of amides is 1. The van der Waals surface area contributed by atoms with Crippen molar-refractivity contribution in [1.82, 2.24) is 5.43 Å². The van der Waals surface area contributed by atoms with E-state index in [2.05, 4.69) is 61.3 Å². The van der Waals surface area contributed by atoms with Crippen LogP contribution >= 0.6 is 0 Å². The summed E-state index contributed by atoms with van der Waals surface area (Å²) >= 11 is 0. The number of benzene rings is 3. The second-order valence-corrected chi connectivity index (χ2v) is 8.23. The van der Waals surface area contributed by atoms with Gasteiger partial charge in [0.2, 0.25) is 0 Å².